The lowest BCUT2D eigenvalue weighted by molar-refractivity contribution is 0.168. The second-order valence-corrected chi connectivity index (χ2v) is 8.15. The Bertz CT molecular complexity index is 1060. The predicted octanol–water partition coefficient (Wildman–Crippen LogP) is 4.88. The number of rotatable bonds is 5. The van der Waals surface area contributed by atoms with Crippen molar-refractivity contribution in [3.63, 3.8) is 0 Å². The minimum absolute atomic E-state index is 0.00248. The van der Waals surface area contributed by atoms with Crippen molar-refractivity contribution in [1.29, 1.82) is 0 Å². The number of likely N-dealkylation sites (tertiary alicyclic amines) is 1. The van der Waals surface area contributed by atoms with Gasteiger partial charge in [-0.3, -0.25) is 9.36 Å². The lowest BCUT2D eigenvalue weighted by atomic mass is 9.98. The van der Waals surface area contributed by atoms with Crippen LogP contribution in [0.3, 0.4) is 0 Å². The summed E-state index contributed by atoms with van der Waals surface area (Å²) in [6, 6.07) is 12.6. The first kappa shape index (κ1) is 19.9. The standard InChI is InChI=1S/C23H26ClN3O2/c1-3-26-12-4-5-17(14-26)15-27-16(2)25-22-11-10-20(13-21(22)23(27)28)29-19-8-6-18(24)7-9-19/h6-11,13,17H,3-5,12,14-15H2,1-2H3/t17-/m0/s1. The van der Waals surface area contributed by atoms with E-state index < -0.39 is 0 Å². The van der Waals surface area contributed by atoms with Gasteiger partial charge < -0.3 is 9.64 Å². The van der Waals surface area contributed by atoms with Crippen LogP contribution in [-0.4, -0.2) is 34.1 Å². The van der Waals surface area contributed by atoms with E-state index in [4.69, 9.17) is 16.3 Å². The van der Waals surface area contributed by atoms with Crippen molar-refractivity contribution in [1.82, 2.24) is 14.5 Å². The van der Waals surface area contributed by atoms with E-state index in [0.29, 0.717) is 39.9 Å². The van der Waals surface area contributed by atoms with Crippen molar-refractivity contribution in [3.8, 4) is 11.5 Å². The third-order valence-electron chi connectivity index (χ3n) is 5.66. The maximum atomic E-state index is 13.3. The summed E-state index contributed by atoms with van der Waals surface area (Å²) in [5, 5.41) is 1.24. The Balaban J connectivity index is 1.63. The maximum absolute atomic E-state index is 13.3. The smallest absolute Gasteiger partial charge is 0.261 e. The fourth-order valence-electron chi connectivity index (χ4n) is 4.07. The predicted molar refractivity (Wildman–Crippen MR) is 117 cm³/mol. The van der Waals surface area contributed by atoms with Crippen LogP contribution in [0.2, 0.25) is 5.02 Å². The maximum Gasteiger partial charge on any atom is 0.261 e. The Hall–Kier alpha value is -2.37. The average molecular weight is 412 g/mol. The lowest BCUT2D eigenvalue weighted by Gasteiger charge is -2.32. The molecule has 4 rings (SSSR count). The highest BCUT2D eigenvalue weighted by molar-refractivity contribution is 6.30. The van der Waals surface area contributed by atoms with Gasteiger partial charge in [-0.1, -0.05) is 18.5 Å². The summed E-state index contributed by atoms with van der Waals surface area (Å²) < 4.78 is 7.74. The van der Waals surface area contributed by atoms with Gasteiger partial charge in [-0.15, -0.1) is 0 Å². The molecule has 6 heteroatoms. The molecule has 5 nitrogen and oxygen atoms in total. The Morgan fingerprint density at radius 3 is 2.69 bits per heavy atom. The van der Waals surface area contributed by atoms with Gasteiger partial charge in [0, 0.05) is 18.1 Å². The quantitative estimate of drug-likeness (QED) is 0.600. The highest BCUT2D eigenvalue weighted by Gasteiger charge is 2.21. The first-order valence-electron chi connectivity index (χ1n) is 10.2. The molecule has 1 aliphatic rings. The van der Waals surface area contributed by atoms with Gasteiger partial charge >= 0.3 is 0 Å². The Labute approximate surface area is 175 Å². The third-order valence-corrected chi connectivity index (χ3v) is 5.91. The zero-order valence-electron chi connectivity index (χ0n) is 16.9. The zero-order valence-corrected chi connectivity index (χ0v) is 17.7. The molecule has 29 heavy (non-hydrogen) atoms. The molecule has 0 N–H and O–H groups in total. The molecule has 2 heterocycles. The summed E-state index contributed by atoms with van der Waals surface area (Å²) in [6.45, 7) is 8.08. The van der Waals surface area contributed by atoms with Gasteiger partial charge in [0.2, 0.25) is 0 Å². The number of hydrogen-bond donors (Lipinski definition) is 0. The van der Waals surface area contributed by atoms with E-state index in [1.165, 1.54) is 6.42 Å². The Morgan fingerprint density at radius 1 is 1.17 bits per heavy atom. The highest BCUT2D eigenvalue weighted by Crippen LogP contribution is 2.25. The number of aromatic nitrogens is 2. The summed E-state index contributed by atoms with van der Waals surface area (Å²) in [5.74, 6) is 2.54. The van der Waals surface area contributed by atoms with Crippen LogP contribution in [0.4, 0.5) is 0 Å². The highest BCUT2D eigenvalue weighted by atomic mass is 35.5. The van der Waals surface area contributed by atoms with Gasteiger partial charge in [-0.25, -0.2) is 4.98 Å². The number of fused-ring (bicyclic) bond motifs is 1. The zero-order chi connectivity index (χ0) is 20.4. The van der Waals surface area contributed by atoms with Crippen molar-refractivity contribution in [3.05, 3.63) is 63.7 Å². The van der Waals surface area contributed by atoms with Crippen LogP contribution < -0.4 is 10.3 Å². The minimum Gasteiger partial charge on any atom is -0.457 e. The fraction of sp³-hybridized carbons (Fsp3) is 0.391. The van der Waals surface area contributed by atoms with E-state index in [1.807, 2.05) is 23.6 Å². The molecule has 0 radical (unpaired) electrons. The number of hydrogen-bond acceptors (Lipinski definition) is 4. The molecule has 1 atom stereocenters. The largest absolute Gasteiger partial charge is 0.457 e. The van der Waals surface area contributed by atoms with Gasteiger partial charge in [0.05, 0.1) is 10.9 Å². The van der Waals surface area contributed by atoms with E-state index in [0.717, 1.165) is 31.9 Å². The second-order valence-electron chi connectivity index (χ2n) is 7.71. The number of piperidine rings is 1. The van der Waals surface area contributed by atoms with Crippen molar-refractivity contribution in [2.75, 3.05) is 19.6 Å². The van der Waals surface area contributed by atoms with Crippen LogP contribution in [-0.2, 0) is 6.54 Å². The van der Waals surface area contributed by atoms with Crippen molar-refractivity contribution < 1.29 is 4.74 Å². The van der Waals surface area contributed by atoms with E-state index in [2.05, 4.69) is 16.8 Å². The van der Waals surface area contributed by atoms with Crippen molar-refractivity contribution in [2.45, 2.75) is 33.2 Å². The molecule has 0 bridgehead atoms. The molecule has 152 valence electrons. The summed E-state index contributed by atoms with van der Waals surface area (Å²) in [6.07, 6.45) is 2.34. The topological polar surface area (TPSA) is 47.4 Å². The normalized spacial score (nSPS) is 17.6. The number of aryl methyl sites for hydroxylation is 1. The SMILES string of the molecule is CCN1CCC[C@H](Cn2c(C)nc3ccc(Oc4ccc(Cl)cc4)cc3c2=O)C1. The van der Waals surface area contributed by atoms with Crippen LogP contribution in [0.1, 0.15) is 25.6 Å². The fourth-order valence-corrected chi connectivity index (χ4v) is 4.20. The molecule has 2 aromatic carbocycles. The molecule has 0 aliphatic carbocycles. The molecule has 0 spiro atoms. The average Bonchev–Trinajstić information content (AvgIpc) is 2.73. The van der Waals surface area contributed by atoms with E-state index in [-0.39, 0.29) is 5.56 Å². The van der Waals surface area contributed by atoms with Crippen LogP contribution in [0.5, 0.6) is 11.5 Å². The summed E-state index contributed by atoms with van der Waals surface area (Å²) in [4.78, 5) is 20.4. The molecular weight excluding hydrogens is 386 g/mol. The number of halogens is 1. The van der Waals surface area contributed by atoms with Crippen molar-refractivity contribution in [2.24, 2.45) is 5.92 Å². The number of benzene rings is 2. The lowest BCUT2D eigenvalue weighted by Crippen LogP contribution is -2.38. The molecule has 3 aromatic rings. The van der Waals surface area contributed by atoms with Crippen LogP contribution >= 0.6 is 11.6 Å². The minimum atomic E-state index is 0.00248. The van der Waals surface area contributed by atoms with Gasteiger partial charge in [0.1, 0.15) is 17.3 Å². The van der Waals surface area contributed by atoms with Crippen LogP contribution in [0.15, 0.2) is 47.3 Å². The summed E-state index contributed by atoms with van der Waals surface area (Å²) >= 11 is 5.93. The first-order chi connectivity index (χ1) is 14.0. The van der Waals surface area contributed by atoms with E-state index in [9.17, 15) is 4.79 Å². The summed E-state index contributed by atoms with van der Waals surface area (Å²) in [7, 11) is 0. The first-order valence-corrected chi connectivity index (χ1v) is 10.6. The Kier molecular flexibility index (Phi) is 5.88. The number of nitrogens with zero attached hydrogens (tertiary/aromatic N) is 3. The monoisotopic (exact) mass is 411 g/mol. The van der Waals surface area contributed by atoms with Crippen LogP contribution in [0.25, 0.3) is 10.9 Å². The second kappa shape index (κ2) is 8.56. The van der Waals surface area contributed by atoms with Gasteiger partial charge in [0.15, 0.2) is 0 Å². The molecule has 1 fully saturated rings. The molecule has 0 unspecified atom stereocenters. The molecular formula is C23H26ClN3O2. The van der Waals surface area contributed by atoms with Crippen LogP contribution in [0, 0.1) is 12.8 Å². The molecule has 1 aromatic heterocycles. The van der Waals surface area contributed by atoms with E-state index in [1.54, 1.807) is 30.3 Å². The molecule has 0 saturated carbocycles. The Morgan fingerprint density at radius 2 is 1.93 bits per heavy atom. The number of ether oxygens (including phenoxy) is 1. The molecule has 0 amide bonds. The third kappa shape index (κ3) is 4.46. The summed E-state index contributed by atoms with van der Waals surface area (Å²) in [5.41, 5.74) is 0.703. The molecule has 1 saturated heterocycles. The molecule has 1 aliphatic heterocycles. The van der Waals surface area contributed by atoms with Gasteiger partial charge in [0.25, 0.3) is 5.56 Å². The van der Waals surface area contributed by atoms with Gasteiger partial charge in [-0.2, -0.15) is 0 Å². The van der Waals surface area contributed by atoms with Crippen molar-refractivity contribution >= 4 is 22.5 Å². The van der Waals surface area contributed by atoms with E-state index >= 15 is 0 Å². The van der Waals surface area contributed by atoms with Gasteiger partial charge in [-0.05, 0) is 81.2 Å².